The second-order valence-corrected chi connectivity index (χ2v) is 11.5. The Morgan fingerprint density at radius 2 is 1.63 bits per heavy atom. The smallest absolute Gasteiger partial charge is 0.440 e. The van der Waals surface area contributed by atoms with Crippen LogP contribution >= 0.6 is 0 Å². The number of carbonyl (C=O) groups excluding carboxylic acids is 1. The maximum Gasteiger partial charge on any atom is 0.586 e. The summed E-state index contributed by atoms with van der Waals surface area (Å²) in [5.74, 6) is 0.859. The maximum atomic E-state index is 13.7. The number of hydrogen-bond acceptors (Lipinski definition) is 8. The SMILES string of the molecule is Cc1nc(-c2cc(-c3cccc(S(C)(=O)=O)c3)ccc2-n2cc(C=O)nc2C)c(-c2ccc3c(c2)OC(F)(F)O3)o1. The average Bonchev–Trinajstić information content (AvgIpc) is 3.60. The first-order valence-electron chi connectivity index (χ1n) is 12.3. The molecule has 3 heterocycles. The van der Waals surface area contributed by atoms with Gasteiger partial charge in [-0.2, -0.15) is 0 Å². The number of fused-ring (bicyclic) bond motifs is 1. The summed E-state index contributed by atoms with van der Waals surface area (Å²) in [6, 6.07) is 16.3. The van der Waals surface area contributed by atoms with E-state index in [0.29, 0.717) is 51.6 Å². The number of hydrogen-bond donors (Lipinski definition) is 0. The van der Waals surface area contributed by atoms with E-state index in [1.54, 1.807) is 54.9 Å². The summed E-state index contributed by atoms with van der Waals surface area (Å²) in [7, 11) is -3.45. The number of nitrogens with zero attached hydrogens (tertiary/aromatic N) is 3. The number of sulfone groups is 1. The summed E-state index contributed by atoms with van der Waals surface area (Å²) in [4.78, 5) is 20.5. The highest BCUT2D eigenvalue weighted by Crippen LogP contribution is 2.45. The van der Waals surface area contributed by atoms with Gasteiger partial charge in [0.25, 0.3) is 0 Å². The zero-order valence-electron chi connectivity index (χ0n) is 21.9. The Labute approximate surface area is 232 Å². The third-order valence-corrected chi connectivity index (χ3v) is 7.64. The quantitative estimate of drug-likeness (QED) is 0.225. The van der Waals surface area contributed by atoms with E-state index in [-0.39, 0.29) is 27.8 Å². The van der Waals surface area contributed by atoms with Gasteiger partial charge in [-0.25, -0.2) is 18.4 Å². The van der Waals surface area contributed by atoms with Crippen molar-refractivity contribution in [3.05, 3.63) is 84.3 Å². The van der Waals surface area contributed by atoms with E-state index in [1.165, 1.54) is 18.2 Å². The van der Waals surface area contributed by atoms with Gasteiger partial charge in [-0.15, -0.1) is 8.78 Å². The molecule has 41 heavy (non-hydrogen) atoms. The summed E-state index contributed by atoms with van der Waals surface area (Å²) in [6.07, 6.45) is -0.417. The molecular weight excluding hydrogens is 556 g/mol. The Balaban J connectivity index is 1.57. The highest BCUT2D eigenvalue weighted by Gasteiger charge is 2.43. The number of rotatable bonds is 6. The standard InChI is InChI=1S/C29H21F2N3O6S/c1-16-32-21(15-35)14-34(16)24-9-7-19(18-5-4-6-22(11-18)41(3,36)37)12-23(24)27-28(38-17(2)33-27)20-8-10-25-26(13-20)40-29(30,31)39-25/h4-15H,1-3H3. The third kappa shape index (κ3) is 4.86. The Kier molecular flexibility index (Phi) is 6.03. The van der Waals surface area contributed by atoms with E-state index in [0.717, 1.165) is 6.26 Å². The van der Waals surface area contributed by atoms with Crippen molar-refractivity contribution in [1.82, 2.24) is 14.5 Å². The Hall–Kier alpha value is -4.84. The van der Waals surface area contributed by atoms with Crippen molar-refractivity contribution in [2.75, 3.05) is 6.26 Å². The summed E-state index contributed by atoms with van der Waals surface area (Å²) >= 11 is 0. The van der Waals surface area contributed by atoms with Gasteiger partial charge < -0.3 is 18.5 Å². The van der Waals surface area contributed by atoms with E-state index < -0.39 is 16.1 Å². The number of aldehydes is 1. The monoisotopic (exact) mass is 577 g/mol. The molecule has 0 fully saturated rings. The topological polar surface area (TPSA) is 114 Å². The van der Waals surface area contributed by atoms with Crippen LogP contribution in [0.1, 0.15) is 22.2 Å². The normalized spacial score (nSPS) is 13.9. The molecule has 0 radical (unpaired) electrons. The van der Waals surface area contributed by atoms with Crippen LogP contribution in [0.15, 0.2) is 76.2 Å². The number of ether oxygens (including phenoxy) is 2. The van der Waals surface area contributed by atoms with Crippen LogP contribution in [0.5, 0.6) is 11.5 Å². The number of aromatic nitrogens is 3. The molecule has 208 valence electrons. The minimum atomic E-state index is -3.78. The number of benzene rings is 3. The summed E-state index contributed by atoms with van der Waals surface area (Å²) < 4.78 is 68.6. The average molecular weight is 578 g/mol. The molecule has 0 atom stereocenters. The Morgan fingerprint density at radius 1 is 0.902 bits per heavy atom. The van der Waals surface area contributed by atoms with Gasteiger partial charge in [0, 0.05) is 30.5 Å². The summed E-state index contributed by atoms with van der Waals surface area (Å²) in [5.41, 5.74) is 3.50. The minimum Gasteiger partial charge on any atom is -0.440 e. The molecule has 0 saturated carbocycles. The number of oxazole rings is 1. The number of alkyl halides is 2. The second kappa shape index (κ2) is 9.37. The Morgan fingerprint density at radius 3 is 2.37 bits per heavy atom. The van der Waals surface area contributed by atoms with E-state index in [4.69, 9.17) is 4.42 Å². The number of carbonyl (C=O) groups is 1. The highest BCUT2D eigenvalue weighted by molar-refractivity contribution is 7.90. The van der Waals surface area contributed by atoms with Crippen molar-refractivity contribution in [2.45, 2.75) is 25.0 Å². The number of halogens is 2. The summed E-state index contributed by atoms with van der Waals surface area (Å²) in [6.45, 7) is 3.40. The lowest BCUT2D eigenvalue weighted by atomic mass is 9.98. The molecule has 2 aromatic heterocycles. The lowest BCUT2D eigenvalue weighted by molar-refractivity contribution is -0.286. The van der Waals surface area contributed by atoms with Crippen LogP contribution in [0.4, 0.5) is 8.78 Å². The largest absolute Gasteiger partial charge is 0.586 e. The Bertz CT molecular complexity index is 1960. The fourth-order valence-corrected chi connectivity index (χ4v) is 5.38. The van der Waals surface area contributed by atoms with Gasteiger partial charge in [0.2, 0.25) is 0 Å². The van der Waals surface area contributed by atoms with Crippen molar-refractivity contribution >= 4 is 16.1 Å². The van der Waals surface area contributed by atoms with Crippen LogP contribution in [-0.4, -0.2) is 41.8 Å². The van der Waals surface area contributed by atoms with Crippen LogP contribution in [-0.2, 0) is 9.84 Å². The molecular formula is C29H21F2N3O6S. The van der Waals surface area contributed by atoms with E-state index in [9.17, 15) is 22.0 Å². The molecule has 6 rings (SSSR count). The third-order valence-electron chi connectivity index (χ3n) is 6.53. The molecule has 12 heteroatoms. The molecule has 0 amide bonds. The van der Waals surface area contributed by atoms with Gasteiger partial charge in [-0.1, -0.05) is 18.2 Å². The van der Waals surface area contributed by atoms with Crippen LogP contribution in [0.25, 0.3) is 39.4 Å². The molecule has 0 spiro atoms. The minimum absolute atomic E-state index is 0.111. The molecule has 9 nitrogen and oxygen atoms in total. The predicted molar refractivity (Wildman–Crippen MR) is 144 cm³/mol. The molecule has 1 aliphatic rings. The first-order chi connectivity index (χ1) is 19.4. The van der Waals surface area contributed by atoms with E-state index in [2.05, 4.69) is 19.4 Å². The second-order valence-electron chi connectivity index (χ2n) is 9.47. The first-order valence-corrected chi connectivity index (χ1v) is 14.2. The van der Waals surface area contributed by atoms with Crippen LogP contribution in [0, 0.1) is 13.8 Å². The molecule has 3 aromatic carbocycles. The van der Waals surface area contributed by atoms with Crippen molar-refractivity contribution in [3.8, 4) is 50.9 Å². The molecule has 0 N–H and O–H groups in total. The fraction of sp³-hybridized carbons (Fsp3) is 0.138. The fourth-order valence-electron chi connectivity index (χ4n) is 4.71. The molecule has 0 bridgehead atoms. The highest BCUT2D eigenvalue weighted by atomic mass is 32.2. The van der Waals surface area contributed by atoms with Gasteiger partial charge in [-0.05, 0) is 60.5 Å². The molecule has 0 aliphatic carbocycles. The van der Waals surface area contributed by atoms with Crippen molar-refractivity contribution in [3.63, 3.8) is 0 Å². The maximum absolute atomic E-state index is 13.7. The van der Waals surface area contributed by atoms with Crippen molar-refractivity contribution in [1.29, 1.82) is 0 Å². The van der Waals surface area contributed by atoms with Gasteiger partial charge in [-0.3, -0.25) is 4.79 Å². The van der Waals surface area contributed by atoms with Crippen molar-refractivity contribution in [2.24, 2.45) is 0 Å². The summed E-state index contributed by atoms with van der Waals surface area (Å²) in [5, 5.41) is 0. The van der Waals surface area contributed by atoms with Crippen molar-refractivity contribution < 1.29 is 35.9 Å². The number of aryl methyl sites for hydroxylation is 2. The first kappa shape index (κ1) is 26.4. The van der Waals surface area contributed by atoms with Crippen LogP contribution in [0.2, 0.25) is 0 Å². The molecule has 1 aliphatic heterocycles. The van der Waals surface area contributed by atoms with Gasteiger partial charge in [0.15, 0.2) is 39.3 Å². The zero-order chi connectivity index (χ0) is 29.1. The lowest BCUT2D eigenvalue weighted by Crippen LogP contribution is -2.25. The van der Waals surface area contributed by atoms with Crippen LogP contribution < -0.4 is 9.47 Å². The predicted octanol–water partition coefficient (Wildman–Crippen LogP) is 6.02. The number of imidazole rings is 1. The van der Waals surface area contributed by atoms with Crippen LogP contribution in [0.3, 0.4) is 0 Å². The lowest BCUT2D eigenvalue weighted by Gasteiger charge is -2.14. The van der Waals surface area contributed by atoms with Gasteiger partial charge in [0.05, 0.1) is 10.6 Å². The zero-order valence-corrected chi connectivity index (χ0v) is 22.7. The van der Waals surface area contributed by atoms with Gasteiger partial charge in [0.1, 0.15) is 17.2 Å². The molecule has 0 unspecified atom stereocenters. The molecule has 5 aromatic rings. The van der Waals surface area contributed by atoms with E-state index >= 15 is 0 Å². The van der Waals surface area contributed by atoms with Gasteiger partial charge >= 0.3 is 6.29 Å². The van der Waals surface area contributed by atoms with E-state index in [1.807, 2.05) is 12.1 Å². The molecule has 0 saturated heterocycles.